The van der Waals surface area contributed by atoms with E-state index in [1.165, 1.54) is 14.0 Å². The first kappa shape index (κ1) is 19.2. The summed E-state index contributed by atoms with van der Waals surface area (Å²) >= 11 is 0. The number of para-hydroxylation sites is 1. The van der Waals surface area contributed by atoms with Crippen LogP contribution in [0.3, 0.4) is 0 Å². The fraction of sp³-hybridized carbons (Fsp3) is 0.250. The second-order valence-electron chi connectivity index (χ2n) is 5.70. The van der Waals surface area contributed by atoms with Crippen molar-refractivity contribution in [2.45, 2.75) is 19.4 Å². The van der Waals surface area contributed by atoms with E-state index in [2.05, 4.69) is 5.32 Å². The summed E-state index contributed by atoms with van der Waals surface area (Å²) in [5.41, 5.74) is 1.16. The molecular formula is C20H21NO5. The lowest BCUT2D eigenvalue weighted by Crippen LogP contribution is -2.43. The maximum atomic E-state index is 12.1. The van der Waals surface area contributed by atoms with Crippen molar-refractivity contribution >= 4 is 17.7 Å². The first-order valence-electron chi connectivity index (χ1n) is 8.15. The van der Waals surface area contributed by atoms with Gasteiger partial charge in [0.2, 0.25) is 0 Å². The number of ketones is 1. The van der Waals surface area contributed by atoms with Gasteiger partial charge in [-0.15, -0.1) is 0 Å². The van der Waals surface area contributed by atoms with Gasteiger partial charge < -0.3 is 14.8 Å². The smallest absolute Gasteiger partial charge is 0.342 e. The molecule has 0 unspecified atom stereocenters. The van der Waals surface area contributed by atoms with Gasteiger partial charge in [0.25, 0.3) is 5.91 Å². The molecule has 6 nitrogen and oxygen atoms in total. The monoisotopic (exact) mass is 355 g/mol. The largest absolute Gasteiger partial charge is 0.496 e. The van der Waals surface area contributed by atoms with Gasteiger partial charge in [-0.25, -0.2) is 4.79 Å². The number of amides is 1. The lowest BCUT2D eigenvalue weighted by Gasteiger charge is -2.16. The Balaban J connectivity index is 1.92. The Kier molecular flexibility index (Phi) is 6.91. The van der Waals surface area contributed by atoms with Gasteiger partial charge in [-0.05, 0) is 31.0 Å². The predicted molar refractivity (Wildman–Crippen MR) is 96.0 cm³/mol. The normalized spacial score (nSPS) is 11.3. The summed E-state index contributed by atoms with van der Waals surface area (Å²) in [6.45, 7) is 0.935. The van der Waals surface area contributed by atoms with Crippen molar-refractivity contribution in [3.05, 3.63) is 65.7 Å². The van der Waals surface area contributed by atoms with Crippen molar-refractivity contribution in [3.63, 3.8) is 0 Å². The number of Topliss-reactive ketones (excluding diaryl/α,β-unsaturated/α-hetero) is 1. The standard InChI is InChI=1S/C20H21NO5/c1-14(22)17(12-15-8-4-3-5-9-15)21-19(23)13-26-20(24)16-10-6-7-11-18(16)25-2/h3-11,17H,12-13H2,1-2H3,(H,21,23)/t17-/m1/s1. The number of benzene rings is 2. The summed E-state index contributed by atoms with van der Waals surface area (Å²) in [6, 6.07) is 15.3. The molecule has 0 aliphatic rings. The molecule has 2 aromatic rings. The number of hydrogen-bond acceptors (Lipinski definition) is 5. The van der Waals surface area contributed by atoms with Gasteiger partial charge in [0.1, 0.15) is 11.3 Å². The van der Waals surface area contributed by atoms with E-state index in [-0.39, 0.29) is 11.3 Å². The molecule has 2 rings (SSSR count). The molecule has 6 heteroatoms. The van der Waals surface area contributed by atoms with Gasteiger partial charge in [-0.1, -0.05) is 42.5 Å². The van der Waals surface area contributed by atoms with Crippen molar-refractivity contribution < 1.29 is 23.9 Å². The highest BCUT2D eigenvalue weighted by Crippen LogP contribution is 2.18. The minimum Gasteiger partial charge on any atom is -0.496 e. The summed E-state index contributed by atoms with van der Waals surface area (Å²) in [5.74, 6) is -1.01. The highest BCUT2D eigenvalue weighted by atomic mass is 16.5. The minimum absolute atomic E-state index is 0.168. The van der Waals surface area contributed by atoms with Gasteiger partial charge in [0.05, 0.1) is 13.2 Å². The van der Waals surface area contributed by atoms with Crippen molar-refractivity contribution in [2.75, 3.05) is 13.7 Å². The Morgan fingerprint density at radius 2 is 1.65 bits per heavy atom. The Hall–Kier alpha value is -3.15. The van der Waals surface area contributed by atoms with E-state index < -0.39 is 24.5 Å². The van der Waals surface area contributed by atoms with E-state index >= 15 is 0 Å². The zero-order chi connectivity index (χ0) is 18.9. The highest BCUT2D eigenvalue weighted by Gasteiger charge is 2.19. The molecule has 0 aromatic heterocycles. The van der Waals surface area contributed by atoms with Crippen molar-refractivity contribution in [1.29, 1.82) is 0 Å². The zero-order valence-electron chi connectivity index (χ0n) is 14.7. The summed E-state index contributed by atoms with van der Waals surface area (Å²) in [5, 5.41) is 2.60. The number of rotatable bonds is 8. The van der Waals surface area contributed by atoms with Crippen LogP contribution in [0.2, 0.25) is 0 Å². The number of methoxy groups -OCH3 is 1. The van der Waals surface area contributed by atoms with Gasteiger partial charge >= 0.3 is 5.97 Å². The molecule has 26 heavy (non-hydrogen) atoms. The van der Waals surface area contributed by atoms with Crippen LogP contribution in [0.4, 0.5) is 0 Å². The van der Waals surface area contributed by atoms with E-state index in [1.54, 1.807) is 24.3 Å². The first-order chi connectivity index (χ1) is 12.5. The third-order valence-corrected chi connectivity index (χ3v) is 3.77. The fourth-order valence-corrected chi connectivity index (χ4v) is 2.40. The number of nitrogens with one attached hydrogen (secondary N) is 1. The van der Waals surface area contributed by atoms with E-state index in [1.807, 2.05) is 30.3 Å². The van der Waals surface area contributed by atoms with Crippen LogP contribution in [-0.2, 0) is 20.7 Å². The molecule has 1 amide bonds. The van der Waals surface area contributed by atoms with Crippen LogP contribution in [0.1, 0.15) is 22.8 Å². The predicted octanol–water partition coefficient (Wildman–Crippen LogP) is 2.17. The van der Waals surface area contributed by atoms with Crippen LogP contribution in [0.5, 0.6) is 5.75 Å². The second-order valence-corrected chi connectivity index (χ2v) is 5.70. The lowest BCUT2D eigenvalue weighted by atomic mass is 10.0. The Morgan fingerprint density at radius 3 is 2.31 bits per heavy atom. The first-order valence-corrected chi connectivity index (χ1v) is 8.15. The third-order valence-electron chi connectivity index (χ3n) is 3.77. The van der Waals surface area contributed by atoms with Crippen molar-refractivity contribution in [1.82, 2.24) is 5.32 Å². The van der Waals surface area contributed by atoms with Crippen molar-refractivity contribution in [2.24, 2.45) is 0 Å². The maximum Gasteiger partial charge on any atom is 0.342 e. The molecule has 1 N–H and O–H groups in total. The lowest BCUT2D eigenvalue weighted by molar-refractivity contribution is -0.128. The molecule has 0 spiro atoms. The van der Waals surface area contributed by atoms with E-state index in [0.29, 0.717) is 12.2 Å². The van der Waals surface area contributed by atoms with Gasteiger partial charge in [0.15, 0.2) is 12.4 Å². The quantitative estimate of drug-likeness (QED) is 0.734. The molecule has 136 valence electrons. The van der Waals surface area contributed by atoms with Crippen LogP contribution in [0, 0.1) is 0 Å². The Labute approximate surface area is 152 Å². The maximum absolute atomic E-state index is 12.1. The van der Waals surface area contributed by atoms with E-state index in [0.717, 1.165) is 5.56 Å². The SMILES string of the molecule is COc1ccccc1C(=O)OCC(=O)N[C@H](Cc1ccccc1)C(C)=O. The average molecular weight is 355 g/mol. The number of carbonyl (C=O) groups is 3. The van der Waals surface area contributed by atoms with E-state index in [9.17, 15) is 14.4 Å². The Bertz CT molecular complexity index is 773. The molecule has 1 atom stereocenters. The van der Waals surface area contributed by atoms with Crippen LogP contribution in [0.25, 0.3) is 0 Å². The van der Waals surface area contributed by atoms with Gasteiger partial charge in [-0.3, -0.25) is 9.59 Å². The highest BCUT2D eigenvalue weighted by molar-refractivity contribution is 5.94. The molecule has 0 saturated carbocycles. The van der Waals surface area contributed by atoms with Crippen LogP contribution in [0.15, 0.2) is 54.6 Å². The molecule has 0 saturated heterocycles. The van der Waals surface area contributed by atoms with Crippen molar-refractivity contribution in [3.8, 4) is 5.75 Å². The number of carbonyl (C=O) groups excluding carboxylic acids is 3. The summed E-state index contributed by atoms with van der Waals surface area (Å²) in [4.78, 5) is 35.9. The van der Waals surface area contributed by atoms with Gasteiger partial charge in [0, 0.05) is 0 Å². The van der Waals surface area contributed by atoms with Crippen LogP contribution in [-0.4, -0.2) is 37.4 Å². The van der Waals surface area contributed by atoms with Gasteiger partial charge in [-0.2, -0.15) is 0 Å². The number of esters is 1. The fourth-order valence-electron chi connectivity index (χ4n) is 2.40. The van der Waals surface area contributed by atoms with Crippen LogP contribution >= 0.6 is 0 Å². The Morgan fingerprint density at radius 1 is 1.00 bits per heavy atom. The molecule has 0 bridgehead atoms. The molecule has 0 aliphatic carbocycles. The summed E-state index contributed by atoms with van der Waals surface area (Å²) in [6.07, 6.45) is 0.377. The van der Waals surface area contributed by atoms with E-state index in [4.69, 9.17) is 9.47 Å². The molecule has 2 aromatic carbocycles. The summed E-state index contributed by atoms with van der Waals surface area (Å²) in [7, 11) is 1.44. The molecular weight excluding hydrogens is 334 g/mol. The number of ether oxygens (including phenoxy) is 2. The zero-order valence-corrected chi connectivity index (χ0v) is 14.7. The topological polar surface area (TPSA) is 81.7 Å². The average Bonchev–Trinajstić information content (AvgIpc) is 2.66. The third kappa shape index (κ3) is 5.44. The minimum atomic E-state index is -0.671. The van der Waals surface area contributed by atoms with Crippen LogP contribution < -0.4 is 10.1 Å². The number of hydrogen-bond donors (Lipinski definition) is 1. The molecule has 0 radical (unpaired) electrons. The summed E-state index contributed by atoms with van der Waals surface area (Å²) < 4.78 is 10.1. The molecule has 0 heterocycles. The molecule has 0 aliphatic heterocycles. The molecule has 0 fully saturated rings. The second kappa shape index (κ2) is 9.36.